The minimum atomic E-state index is -0.000897. The number of oxime groups is 1. The first-order valence-corrected chi connectivity index (χ1v) is 6.96. The fraction of sp³-hybridized carbons (Fsp3) is 0.0714. The molecule has 0 bridgehead atoms. The second kappa shape index (κ2) is 5.45. The summed E-state index contributed by atoms with van der Waals surface area (Å²) in [6, 6.07) is 7.64. The minimum Gasteiger partial charge on any atom is -0.439 e. The largest absolute Gasteiger partial charge is 0.439 e. The average molecular weight is 300 g/mol. The third-order valence-electron chi connectivity index (χ3n) is 2.90. The maximum atomic E-state index is 8.94. The summed E-state index contributed by atoms with van der Waals surface area (Å²) in [5.41, 5.74) is 7.89. The van der Waals surface area contributed by atoms with Gasteiger partial charge in [0.1, 0.15) is 6.26 Å². The quantitative estimate of drug-likeness (QED) is 0.334. The van der Waals surface area contributed by atoms with E-state index in [1.807, 2.05) is 31.2 Å². The molecule has 3 rings (SSSR count). The summed E-state index contributed by atoms with van der Waals surface area (Å²) in [5.74, 6) is -0.000897. The first-order chi connectivity index (χ1) is 10.2. The molecule has 0 aliphatic rings. The van der Waals surface area contributed by atoms with E-state index in [1.54, 1.807) is 12.5 Å². The highest BCUT2D eigenvalue weighted by molar-refractivity contribution is 7.99. The third kappa shape index (κ3) is 2.55. The highest BCUT2D eigenvalue weighted by atomic mass is 32.2. The topological polar surface area (TPSA) is 97.5 Å². The smallest absolute Gasteiger partial charge is 0.260 e. The van der Waals surface area contributed by atoms with Crippen molar-refractivity contribution in [3.05, 3.63) is 48.0 Å². The van der Waals surface area contributed by atoms with Crippen LogP contribution in [0, 0.1) is 6.92 Å². The van der Waals surface area contributed by atoms with Gasteiger partial charge < -0.3 is 15.4 Å². The SMILES string of the molecule is Cc1coc(Sc2c(/C(N)=N/O)cnc3ccccc23)n1. The Bertz CT molecular complexity index is 829. The van der Waals surface area contributed by atoms with Crippen molar-refractivity contribution in [3.8, 4) is 0 Å². The standard InChI is InChI=1S/C14H12N4O2S/c1-8-7-20-14(17-8)21-12-9-4-2-3-5-11(9)16-6-10(12)13(15)18-19/h2-7,19H,1H3,(H2,15,18). The molecule has 6 nitrogen and oxygen atoms in total. The van der Waals surface area contributed by atoms with Gasteiger partial charge in [0.25, 0.3) is 5.22 Å². The Kier molecular flexibility index (Phi) is 3.49. The van der Waals surface area contributed by atoms with Gasteiger partial charge in [-0.05, 0) is 24.8 Å². The van der Waals surface area contributed by atoms with Gasteiger partial charge in [0.15, 0.2) is 5.84 Å². The van der Waals surface area contributed by atoms with Crippen LogP contribution in [0.5, 0.6) is 0 Å². The van der Waals surface area contributed by atoms with E-state index >= 15 is 0 Å². The minimum absolute atomic E-state index is 0.000897. The normalized spacial score (nSPS) is 12.0. The molecule has 0 fully saturated rings. The highest BCUT2D eigenvalue weighted by Gasteiger charge is 2.16. The summed E-state index contributed by atoms with van der Waals surface area (Å²) >= 11 is 1.32. The summed E-state index contributed by atoms with van der Waals surface area (Å²) in [4.78, 5) is 9.38. The van der Waals surface area contributed by atoms with E-state index in [1.165, 1.54) is 11.8 Å². The van der Waals surface area contributed by atoms with Gasteiger partial charge in [-0.15, -0.1) is 0 Å². The molecule has 0 amide bonds. The zero-order chi connectivity index (χ0) is 14.8. The molecule has 106 valence electrons. The van der Waals surface area contributed by atoms with E-state index < -0.39 is 0 Å². The van der Waals surface area contributed by atoms with Crippen LogP contribution in [0.4, 0.5) is 0 Å². The van der Waals surface area contributed by atoms with Gasteiger partial charge >= 0.3 is 0 Å². The lowest BCUT2D eigenvalue weighted by molar-refractivity contribution is 0.318. The number of amidine groups is 1. The number of pyridine rings is 1. The van der Waals surface area contributed by atoms with Crippen LogP contribution < -0.4 is 5.73 Å². The molecule has 2 heterocycles. The number of fused-ring (bicyclic) bond motifs is 1. The molecule has 0 radical (unpaired) electrons. The predicted octanol–water partition coefficient (Wildman–Crippen LogP) is 2.78. The molecule has 21 heavy (non-hydrogen) atoms. The van der Waals surface area contributed by atoms with E-state index in [9.17, 15) is 0 Å². The van der Waals surface area contributed by atoms with E-state index in [4.69, 9.17) is 15.4 Å². The molecule has 3 N–H and O–H groups in total. The molecule has 0 atom stereocenters. The Morgan fingerprint density at radius 2 is 2.19 bits per heavy atom. The lowest BCUT2D eigenvalue weighted by Gasteiger charge is -2.09. The van der Waals surface area contributed by atoms with Gasteiger partial charge in [0.2, 0.25) is 0 Å². The molecular formula is C14H12N4O2S. The Hall–Kier alpha value is -2.54. The predicted molar refractivity (Wildman–Crippen MR) is 79.6 cm³/mol. The molecule has 1 aromatic carbocycles. The molecule has 0 aliphatic heterocycles. The van der Waals surface area contributed by atoms with Crippen molar-refractivity contribution >= 4 is 28.5 Å². The summed E-state index contributed by atoms with van der Waals surface area (Å²) in [6.45, 7) is 1.85. The Morgan fingerprint density at radius 1 is 1.38 bits per heavy atom. The van der Waals surface area contributed by atoms with E-state index in [-0.39, 0.29) is 5.84 Å². The second-order valence-electron chi connectivity index (χ2n) is 4.36. The number of para-hydroxylation sites is 1. The van der Waals surface area contributed by atoms with Crippen molar-refractivity contribution in [1.82, 2.24) is 9.97 Å². The van der Waals surface area contributed by atoms with Crippen molar-refractivity contribution in [3.63, 3.8) is 0 Å². The number of benzene rings is 1. The third-order valence-corrected chi connectivity index (χ3v) is 3.90. The van der Waals surface area contributed by atoms with Gasteiger partial charge in [-0.2, -0.15) is 0 Å². The first-order valence-electron chi connectivity index (χ1n) is 6.14. The van der Waals surface area contributed by atoms with Crippen molar-refractivity contribution in [2.24, 2.45) is 10.9 Å². The number of aryl methyl sites for hydroxylation is 1. The molecule has 0 spiro atoms. The van der Waals surface area contributed by atoms with Gasteiger partial charge in [-0.1, -0.05) is 23.4 Å². The van der Waals surface area contributed by atoms with Crippen LogP contribution in [0.15, 0.2) is 56.4 Å². The van der Waals surface area contributed by atoms with Gasteiger partial charge in [0.05, 0.1) is 16.8 Å². The molecule has 0 saturated carbocycles. The van der Waals surface area contributed by atoms with Gasteiger partial charge in [-0.25, -0.2) is 4.98 Å². The molecule has 0 unspecified atom stereocenters. The van der Waals surface area contributed by atoms with Crippen LogP contribution in [0.25, 0.3) is 10.9 Å². The van der Waals surface area contributed by atoms with Crippen molar-refractivity contribution in [2.45, 2.75) is 17.0 Å². The van der Waals surface area contributed by atoms with Gasteiger partial charge in [0, 0.05) is 16.5 Å². The lowest BCUT2D eigenvalue weighted by atomic mass is 10.1. The molecule has 7 heteroatoms. The summed E-state index contributed by atoms with van der Waals surface area (Å²) in [7, 11) is 0. The molecule has 2 aromatic heterocycles. The Balaban J connectivity index is 2.20. The van der Waals surface area contributed by atoms with Crippen LogP contribution in [-0.4, -0.2) is 21.0 Å². The Morgan fingerprint density at radius 3 is 2.90 bits per heavy atom. The zero-order valence-corrected chi connectivity index (χ0v) is 12.0. The fourth-order valence-electron chi connectivity index (χ4n) is 1.93. The summed E-state index contributed by atoms with van der Waals surface area (Å²) in [6.07, 6.45) is 3.16. The van der Waals surface area contributed by atoms with Crippen LogP contribution in [0.3, 0.4) is 0 Å². The van der Waals surface area contributed by atoms with Crippen LogP contribution in [-0.2, 0) is 0 Å². The number of oxazole rings is 1. The number of nitrogens with zero attached hydrogens (tertiary/aromatic N) is 3. The van der Waals surface area contributed by atoms with Crippen molar-refractivity contribution in [1.29, 1.82) is 0 Å². The van der Waals surface area contributed by atoms with Crippen LogP contribution >= 0.6 is 11.8 Å². The lowest BCUT2D eigenvalue weighted by Crippen LogP contribution is -2.14. The molecule has 0 aliphatic carbocycles. The van der Waals surface area contributed by atoms with E-state index in [0.717, 1.165) is 21.5 Å². The number of nitrogens with two attached hydrogens (primary N) is 1. The van der Waals surface area contributed by atoms with Crippen molar-refractivity contribution < 1.29 is 9.62 Å². The number of rotatable bonds is 3. The summed E-state index contributed by atoms with van der Waals surface area (Å²) in [5, 5.41) is 13.4. The zero-order valence-electron chi connectivity index (χ0n) is 11.1. The molecule has 3 aromatic rings. The molecule has 0 saturated heterocycles. The second-order valence-corrected chi connectivity index (χ2v) is 5.32. The van der Waals surface area contributed by atoms with E-state index in [0.29, 0.717) is 10.8 Å². The molecular weight excluding hydrogens is 288 g/mol. The maximum absolute atomic E-state index is 8.94. The van der Waals surface area contributed by atoms with Crippen LogP contribution in [0.2, 0.25) is 0 Å². The fourth-order valence-corrected chi connectivity index (χ4v) is 2.94. The van der Waals surface area contributed by atoms with Gasteiger partial charge in [-0.3, -0.25) is 4.98 Å². The van der Waals surface area contributed by atoms with E-state index in [2.05, 4.69) is 15.1 Å². The number of hydrogen-bond acceptors (Lipinski definition) is 6. The van der Waals surface area contributed by atoms with Crippen LogP contribution in [0.1, 0.15) is 11.3 Å². The first kappa shape index (κ1) is 13.4. The van der Waals surface area contributed by atoms with Crippen molar-refractivity contribution in [2.75, 3.05) is 0 Å². The maximum Gasteiger partial charge on any atom is 0.260 e. The highest BCUT2D eigenvalue weighted by Crippen LogP contribution is 2.35. The Labute approximate surface area is 124 Å². The summed E-state index contributed by atoms with van der Waals surface area (Å²) < 4.78 is 5.37. The monoisotopic (exact) mass is 300 g/mol. The average Bonchev–Trinajstić information content (AvgIpc) is 2.92. The number of aromatic nitrogens is 2. The number of hydrogen-bond donors (Lipinski definition) is 2.